The van der Waals surface area contributed by atoms with Gasteiger partial charge in [-0.3, -0.25) is 4.79 Å². The van der Waals surface area contributed by atoms with Crippen molar-refractivity contribution in [3.63, 3.8) is 0 Å². The first-order valence-electron chi connectivity index (χ1n) is 5.15. The highest BCUT2D eigenvalue weighted by molar-refractivity contribution is 5.89. The molecule has 10 heteroatoms. The van der Waals surface area contributed by atoms with Crippen LogP contribution in [-0.4, -0.2) is 37.0 Å². The molecule has 1 aliphatic heterocycles. The number of hydrogen-bond acceptors (Lipinski definition) is 4. The number of rotatable bonds is 2. The summed E-state index contributed by atoms with van der Waals surface area (Å²) in [5.41, 5.74) is -1.95. The first-order chi connectivity index (χ1) is 8.94. The monoisotopic (exact) mass is 306 g/mol. The van der Waals surface area contributed by atoms with E-state index in [0.29, 0.717) is 0 Å². The molecule has 0 aromatic rings. The summed E-state index contributed by atoms with van der Waals surface area (Å²) in [5.74, 6) is -6.55. The Morgan fingerprint density at radius 2 is 1.80 bits per heavy atom. The minimum atomic E-state index is -5.13. The van der Waals surface area contributed by atoms with E-state index in [1.54, 1.807) is 0 Å². The van der Waals surface area contributed by atoms with E-state index in [-0.39, 0.29) is 0 Å². The molecule has 114 valence electrons. The third-order valence-electron chi connectivity index (χ3n) is 2.47. The van der Waals surface area contributed by atoms with Crippen LogP contribution in [0.1, 0.15) is 6.42 Å². The number of carbonyl (C=O) groups excluding carboxylic acids is 2. The van der Waals surface area contributed by atoms with E-state index in [0.717, 1.165) is 0 Å². The lowest BCUT2D eigenvalue weighted by Gasteiger charge is -2.31. The molecule has 20 heavy (non-hydrogen) atoms. The molecule has 2 atom stereocenters. The van der Waals surface area contributed by atoms with Gasteiger partial charge in [0.05, 0.1) is 6.61 Å². The van der Waals surface area contributed by atoms with Gasteiger partial charge in [0.25, 0.3) is 0 Å². The number of ether oxygens (including phenoxy) is 2. The second-order valence-corrected chi connectivity index (χ2v) is 3.90. The van der Waals surface area contributed by atoms with Crippen molar-refractivity contribution in [1.82, 2.24) is 0 Å². The van der Waals surface area contributed by atoms with Crippen molar-refractivity contribution in [3.8, 4) is 0 Å². The third kappa shape index (κ3) is 3.64. The number of hydrogen-bond donors (Lipinski definition) is 0. The molecule has 2 unspecified atom stereocenters. The highest BCUT2D eigenvalue weighted by Crippen LogP contribution is 2.36. The second-order valence-electron chi connectivity index (χ2n) is 3.90. The molecule has 0 aliphatic carbocycles. The fraction of sp³-hybridized carbons (Fsp3) is 0.600. The molecule has 0 amide bonds. The standard InChI is InChI=1S/C10H8F6O4/c1-4(9(11,12)13)7(17)20-5-2-3-19-8(18)6(5)10(14,15)16/h5-6H,1-3H2. The lowest BCUT2D eigenvalue weighted by atomic mass is 9.97. The molecule has 1 saturated heterocycles. The molecule has 0 aromatic heterocycles. The van der Waals surface area contributed by atoms with Crippen molar-refractivity contribution in [2.45, 2.75) is 24.9 Å². The number of halogens is 6. The summed E-state index contributed by atoms with van der Waals surface area (Å²) in [4.78, 5) is 22.1. The predicted molar refractivity (Wildman–Crippen MR) is 50.2 cm³/mol. The molecule has 0 bridgehead atoms. The normalized spacial score (nSPS) is 24.0. The minimum absolute atomic E-state index is 0.484. The van der Waals surface area contributed by atoms with Gasteiger partial charge in [-0.05, 0) is 0 Å². The Balaban J connectivity index is 2.86. The van der Waals surface area contributed by atoms with Crippen LogP contribution in [0.2, 0.25) is 0 Å². The molecule has 1 rings (SSSR count). The van der Waals surface area contributed by atoms with Crippen LogP contribution in [0.5, 0.6) is 0 Å². The van der Waals surface area contributed by atoms with Gasteiger partial charge >= 0.3 is 24.3 Å². The zero-order chi connectivity index (χ0) is 15.7. The van der Waals surface area contributed by atoms with Crippen LogP contribution >= 0.6 is 0 Å². The Morgan fingerprint density at radius 3 is 2.25 bits per heavy atom. The topological polar surface area (TPSA) is 52.6 Å². The molecule has 1 heterocycles. The van der Waals surface area contributed by atoms with E-state index in [1.807, 2.05) is 0 Å². The van der Waals surface area contributed by atoms with E-state index in [1.165, 1.54) is 0 Å². The average molecular weight is 306 g/mol. The van der Waals surface area contributed by atoms with Gasteiger partial charge in [-0.2, -0.15) is 26.3 Å². The van der Waals surface area contributed by atoms with E-state index >= 15 is 0 Å². The Kier molecular flexibility index (Phi) is 4.35. The van der Waals surface area contributed by atoms with Crippen LogP contribution in [0.25, 0.3) is 0 Å². The van der Waals surface area contributed by atoms with E-state index in [4.69, 9.17) is 0 Å². The second kappa shape index (κ2) is 5.33. The maximum Gasteiger partial charge on any atom is 0.422 e. The summed E-state index contributed by atoms with van der Waals surface area (Å²) in [6.45, 7) is 1.92. The summed E-state index contributed by atoms with van der Waals surface area (Å²) >= 11 is 0. The van der Waals surface area contributed by atoms with Gasteiger partial charge in [-0.15, -0.1) is 0 Å². The van der Waals surface area contributed by atoms with Crippen LogP contribution < -0.4 is 0 Å². The van der Waals surface area contributed by atoms with Crippen LogP contribution in [0.15, 0.2) is 12.2 Å². The fourth-order valence-electron chi connectivity index (χ4n) is 1.48. The zero-order valence-electron chi connectivity index (χ0n) is 9.68. The van der Waals surface area contributed by atoms with Gasteiger partial charge in [0.2, 0.25) is 0 Å². The molecule has 4 nitrogen and oxygen atoms in total. The Hall–Kier alpha value is -1.74. The molecule has 0 spiro atoms. The first kappa shape index (κ1) is 16.3. The van der Waals surface area contributed by atoms with Gasteiger partial charge in [0.15, 0.2) is 5.92 Å². The van der Waals surface area contributed by atoms with Crippen molar-refractivity contribution >= 4 is 11.9 Å². The van der Waals surface area contributed by atoms with Crippen LogP contribution in [-0.2, 0) is 19.1 Å². The van der Waals surface area contributed by atoms with Gasteiger partial charge in [0.1, 0.15) is 11.7 Å². The molecule has 1 fully saturated rings. The van der Waals surface area contributed by atoms with Crippen molar-refractivity contribution in [3.05, 3.63) is 12.2 Å². The Bertz CT molecular complexity index is 424. The van der Waals surface area contributed by atoms with Gasteiger partial charge < -0.3 is 9.47 Å². The van der Waals surface area contributed by atoms with Crippen molar-refractivity contribution in [2.75, 3.05) is 6.61 Å². The van der Waals surface area contributed by atoms with E-state index in [9.17, 15) is 35.9 Å². The number of esters is 2. The molecule has 0 aromatic carbocycles. The molecular weight excluding hydrogens is 298 g/mol. The van der Waals surface area contributed by atoms with Gasteiger partial charge in [0, 0.05) is 6.42 Å². The van der Waals surface area contributed by atoms with Crippen molar-refractivity contribution in [1.29, 1.82) is 0 Å². The van der Waals surface area contributed by atoms with Crippen LogP contribution in [0.4, 0.5) is 26.3 Å². The maximum atomic E-state index is 12.6. The largest absolute Gasteiger partial charge is 0.465 e. The van der Waals surface area contributed by atoms with Crippen LogP contribution in [0, 0.1) is 5.92 Å². The number of alkyl halides is 6. The Morgan fingerprint density at radius 1 is 1.25 bits per heavy atom. The lowest BCUT2D eigenvalue weighted by Crippen LogP contribution is -2.47. The van der Waals surface area contributed by atoms with E-state index < -0.39 is 54.9 Å². The van der Waals surface area contributed by atoms with Crippen molar-refractivity contribution in [2.24, 2.45) is 5.92 Å². The molecular formula is C10H8F6O4. The first-order valence-corrected chi connectivity index (χ1v) is 5.15. The molecule has 1 aliphatic rings. The Labute approximate surface area is 108 Å². The third-order valence-corrected chi connectivity index (χ3v) is 2.47. The average Bonchev–Trinajstić information content (AvgIpc) is 2.24. The lowest BCUT2D eigenvalue weighted by molar-refractivity contribution is -0.230. The molecule has 0 saturated carbocycles. The molecule has 0 radical (unpaired) electrons. The van der Waals surface area contributed by atoms with E-state index in [2.05, 4.69) is 16.1 Å². The van der Waals surface area contributed by atoms with Crippen LogP contribution in [0.3, 0.4) is 0 Å². The van der Waals surface area contributed by atoms with Gasteiger partial charge in [-0.25, -0.2) is 4.79 Å². The predicted octanol–water partition coefficient (Wildman–Crippen LogP) is 2.14. The zero-order valence-corrected chi connectivity index (χ0v) is 9.68. The van der Waals surface area contributed by atoms with Crippen molar-refractivity contribution < 1.29 is 45.4 Å². The highest BCUT2D eigenvalue weighted by atomic mass is 19.4. The maximum absolute atomic E-state index is 12.6. The summed E-state index contributed by atoms with van der Waals surface area (Å²) in [6.07, 6.45) is -12.8. The highest BCUT2D eigenvalue weighted by Gasteiger charge is 2.54. The quantitative estimate of drug-likeness (QED) is 0.445. The van der Waals surface area contributed by atoms with Gasteiger partial charge in [-0.1, -0.05) is 6.58 Å². The summed E-state index contributed by atoms with van der Waals surface area (Å²) in [7, 11) is 0. The number of cyclic esters (lactones) is 1. The summed E-state index contributed by atoms with van der Waals surface area (Å²) in [5, 5.41) is 0. The molecule has 0 N–H and O–H groups in total. The minimum Gasteiger partial charge on any atom is -0.465 e. The SMILES string of the molecule is C=C(C(=O)OC1CCOC(=O)C1C(F)(F)F)C(F)(F)F. The number of carbonyl (C=O) groups is 2. The fourth-order valence-corrected chi connectivity index (χ4v) is 1.48. The summed E-state index contributed by atoms with van der Waals surface area (Å²) < 4.78 is 82.5. The summed E-state index contributed by atoms with van der Waals surface area (Å²) in [6, 6.07) is 0. The smallest absolute Gasteiger partial charge is 0.422 e.